The fourth-order valence-corrected chi connectivity index (χ4v) is 2.21. The van der Waals surface area contributed by atoms with Gasteiger partial charge in [0.25, 0.3) is 0 Å². The van der Waals surface area contributed by atoms with Crippen molar-refractivity contribution in [2.75, 3.05) is 13.1 Å². The van der Waals surface area contributed by atoms with E-state index in [1.54, 1.807) is 0 Å². The van der Waals surface area contributed by atoms with E-state index in [2.05, 4.69) is 35.6 Å². The first-order chi connectivity index (χ1) is 6.97. The van der Waals surface area contributed by atoms with Crippen LogP contribution in [0.15, 0.2) is 30.3 Å². The lowest BCUT2D eigenvalue weighted by atomic mass is 9.92. The molecule has 0 aliphatic carbocycles. The van der Waals surface area contributed by atoms with Crippen molar-refractivity contribution in [3.8, 4) is 0 Å². The lowest BCUT2D eigenvalue weighted by Crippen LogP contribution is -2.24. The SMILES string of the molecule is c1ccc(C2CCCCCNC2)cc1. The Bertz CT molecular complexity index is 247. The van der Waals surface area contributed by atoms with Crippen molar-refractivity contribution in [1.82, 2.24) is 5.32 Å². The second-order valence-electron chi connectivity index (χ2n) is 4.16. The van der Waals surface area contributed by atoms with E-state index in [1.165, 1.54) is 37.8 Å². The van der Waals surface area contributed by atoms with E-state index in [-0.39, 0.29) is 0 Å². The van der Waals surface area contributed by atoms with Crippen LogP contribution >= 0.6 is 0 Å². The molecule has 0 spiro atoms. The van der Waals surface area contributed by atoms with Crippen LogP contribution in [-0.4, -0.2) is 13.1 Å². The van der Waals surface area contributed by atoms with Gasteiger partial charge in [-0.2, -0.15) is 0 Å². The van der Waals surface area contributed by atoms with Crippen LogP contribution in [0, 0.1) is 0 Å². The highest BCUT2D eigenvalue weighted by Crippen LogP contribution is 2.22. The number of hydrogen-bond acceptors (Lipinski definition) is 1. The Morgan fingerprint density at radius 2 is 1.86 bits per heavy atom. The van der Waals surface area contributed by atoms with Crippen molar-refractivity contribution < 1.29 is 0 Å². The second-order valence-corrected chi connectivity index (χ2v) is 4.16. The van der Waals surface area contributed by atoms with Gasteiger partial charge in [-0.15, -0.1) is 0 Å². The first-order valence-corrected chi connectivity index (χ1v) is 5.72. The summed E-state index contributed by atoms with van der Waals surface area (Å²) in [6.45, 7) is 2.35. The zero-order chi connectivity index (χ0) is 9.64. The molecule has 1 aromatic rings. The van der Waals surface area contributed by atoms with Crippen LogP contribution in [0.3, 0.4) is 0 Å². The van der Waals surface area contributed by atoms with Gasteiger partial charge in [0, 0.05) is 6.54 Å². The van der Waals surface area contributed by atoms with Crippen LogP contribution < -0.4 is 5.32 Å². The molecule has 1 aliphatic rings. The van der Waals surface area contributed by atoms with Crippen LogP contribution in [0.1, 0.15) is 37.2 Å². The first-order valence-electron chi connectivity index (χ1n) is 5.72. The molecule has 1 nitrogen and oxygen atoms in total. The summed E-state index contributed by atoms with van der Waals surface area (Å²) in [7, 11) is 0. The third-order valence-electron chi connectivity index (χ3n) is 3.07. The van der Waals surface area contributed by atoms with E-state index >= 15 is 0 Å². The van der Waals surface area contributed by atoms with Gasteiger partial charge >= 0.3 is 0 Å². The van der Waals surface area contributed by atoms with E-state index in [9.17, 15) is 0 Å². The van der Waals surface area contributed by atoms with Crippen molar-refractivity contribution in [1.29, 1.82) is 0 Å². The van der Waals surface area contributed by atoms with Crippen molar-refractivity contribution in [2.24, 2.45) is 0 Å². The predicted molar refractivity (Wildman–Crippen MR) is 60.5 cm³/mol. The molecule has 76 valence electrons. The molecule has 1 unspecified atom stereocenters. The lowest BCUT2D eigenvalue weighted by molar-refractivity contribution is 0.469. The maximum atomic E-state index is 3.54. The van der Waals surface area contributed by atoms with Crippen LogP contribution in [-0.2, 0) is 0 Å². The number of rotatable bonds is 1. The summed E-state index contributed by atoms with van der Waals surface area (Å²) in [6.07, 6.45) is 5.47. The van der Waals surface area contributed by atoms with Crippen LogP contribution in [0.4, 0.5) is 0 Å². The van der Waals surface area contributed by atoms with Gasteiger partial charge in [-0.05, 0) is 30.9 Å². The molecule has 1 aromatic carbocycles. The summed E-state index contributed by atoms with van der Waals surface area (Å²) in [5.74, 6) is 0.733. The van der Waals surface area contributed by atoms with Crippen LogP contribution in [0.25, 0.3) is 0 Å². The monoisotopic (exact) mass is 189 g/mol. The predicted octanol–water partition coefficient (Wildman–Crippen LogP) is 2.93. The van der Waals surface area contributed by atoms with Gasteiger partial charge in [0.2, 0.25) is 0 Å². The highest BCUT2D eigenvalue weighted by Gasteiger charge is 2.12. The summed E-state index contributed by atoms with van der Waals surface area (Å²) in [5.41, 5.74) is 1.50. The molecule has 0 saturated carbocycles. The van der Waals surface area contributed by atoms with E-state index in [0.717, 1.165) is 12.5 Å². The maximum absolute atomic E-state index is 3.54. The summed E-state index contributed by atoms with van der Waals surface area (Å²) in [5, 5.41) is 3.54. The average molecular weight is 189 g/mol. The Morgan fingerprint density at radius 3 is 2.71 bits per heavy atom. The van der Waals surface area contributed by atoms with Gasteiger partial charge < -0.3 is 5.32 Å². The Morgan fingerprint density at radius 1 is 1.00 bits per heavy atom. The minimum Gasteiger partial charge on any atom is -0.316 e. The highest BCUT2D eigenvalue weighted by atomic mass is 14.9. The standard InChI is InChI=1S/C13H19N/c1-3-7-12(8-4-1)13-9-5-2-6-10-14-11-13/h1,3-4,7-8,13-14H,2,5-6,9-11H2. The van der Waals surface area contributed by atoms with E-state index in [0.29, 0.717) is 0 Å². The van der Waals surface area contributed by atoms with Gasteiger partial charge in [-0.3, -0.25) is 0 Å². The maximum Gasteiger partial charge on any atom is 0.00201 e. The third kappa shape index (κ3) is 2.58. The van der Waals surface area contributed by atoms with Crippen molar-refractivity contribution in [3.63, 3.8) is 0 Å². The fourth-order valence-electron chi connectivity index (χ4n) is 2.21. The van der Waals surface area contributed by atoms with Crippen LogP contribution in [0.5, 0.6) is 0 Å². The average Bonchev–Trinajstić information content (AvgIpc) is 2.18. The molecule has 0 aromatic heterocycles. The fraction of sp³-hybridized carbons (Fsp3) is 0.538. The first kappa shape index (κ1) is 9.72. The third-order valence-corrected chi connectivity index (χ3v) is 3.07. The summed E-state index contributed by atoms with van der Waals surface area (Å²) in [4.78, 5) is 0. The number of hydrogen-bond donors (Lipinski definition) is 1. The molecule has 1 saturated heterocycles. The smallest absolute Gasteiger partial charge is 0.00201 e. The largest absolute Gasteiger partial charge is 0.316 e. The zero-order valence-corrected chi connectivity index (χ0v) is 8.71. The van der Waals surface area contributed by atoms with Crippen molar-refractivity contribution >= 4 is 0 Å². The van der Waals surface area contributed by atoms with Crippen molar-refractivity contribution in [2.45, 2.75) is 31.6 Å². The van der Waals surface area contributed by atoms with E-state index < -0.39 is 0 Å². The molecule has 1 aliphatic heterocycles. The highest BCUT2D eigenvalue weighted by molar-refractivity contribution is 5.19. The van der Waals surface area contributed by atoms with Crippen LogP contribution in [0.2, 0.25) is 0 Å². The number of nitrogens with one attached hydrogen (secondary N) is 1. The summed E-state index contributed by atoms with van der Waals surface area (Å²) in [6, 6.07) is 10.9. The summed E-state index contributed by atoms with van der Waals surface area (Å²) >= 11 is 0. The number of benzene rings is 1. The molecule has 2 rings (SSSR count). The molecule has 1 fully saturated rings. The van der Waals surface area contributed by atoms with Gasteiger partial charge in [0.15, 0.2) is 0 Å². The Labute approximate surface area is 86.5 Å². The van der Waals surface area contributed by atoms with Gasteiger partial charge in [0.1, 0.15) is 0 Å². The molecule has 0 bridgehead atoms. The Hall–Kier alpha value is -0.820. The zero-order valence-electron chi connectivity index (χ0n) is 8.71. The van der Waals surface area contributed by atoms with E-state index in [4.69, 9.17) is 0 Å². The normalized spacial score (nSPS) is 23.9. The topological polar surface area (TPSA) is 12.0 Å². The molecule has 1 heterocycles. The Balaban J connectivity index is 2.01. The molecule has 0 amide bonds. The van der Waals surface area contributed by atoms with Gasteiger partial charge in [-0.25, -0.2) is 0 Å². The second kappa shape index (κ2) is 5.16. The Kier molecular flexibility index (Phi) is 3.58. The molecule has 1 atom stereocenters. The lowest BCUT2D eigenvalue weighted by Gasteiger charge is -2.20. The van der Waals surface area contributed by atoms with Gasteiger partial charge in [-0.1, -0.05) is 43.2 Å². The molecule has 14 heavy (non-hydrogen) atoms. The van der Waals surface area contributed by atoms with E-state index in [1.807, 2.05) is 0 Å². The minimum absolute atomic E-state index is 0.733. The van der Waals surface area contributed by atoms with Gasteiger partial charge in [0.05, 0.1) is 0 Å². The molecule has 1 heteroatoms. The molecular formula is C13H19N. The molecular weight excluding hydrogens is 170 g/mol. The molecule has 0 radical (unpaired) electrons. The summed E-state index contributed by atoms with van der Waals surface area (Å²) < 4.78 is 0. The quantitative estimate of drug-likeness (QED) is 0.716. The van der Waals surface area contributed by atoms with Crippen molar-refractivity contribution in [3.05, 3.63) is 35.9 Å². The minimum atomic E-state index is 0.733. The molecule has 1 N–H and O–H groups in total.